The lowest BCUT2D eigenvalue weighted by atomic mass is 10.1. The molecule has 0 saturated carbocycles. The molecule has 0 atom stereocenters. The van der Waals surface area contributed by atoms with Crippen LogP contribution in [0.15, 0.2) is 41.2 Å². The van der Waals surface area contributed by atoms with Crippen LogP contribution in [0, 0.1) is 0 Å². The molecule has 0 unspecified atom stereocenters. The van der Waals surface area contributed by atoms with E-state index in [1.807, 2.05) is 32.3 Å². The van der Waals surface area contributed by atoms with Crippen LogP contribution in [0.4, 0.5) is 5.69 Å². The van der Waals surface area contributed by atoms with Gasteiger partial charge in [-0.3, -0.25) is 4.79 Å². The van der Waals surface area contributed by atoms with E-state index in [4.69, 9.17) is 4.98 Å². The van der Waals surface area contributed by atoms with E-state index in [0.717, 1.165) is 44.9 Å². The Morgan fingerprint density at radius 2 is 2.04 bits per heavy atom. The quantitative estimate of drug-likeness (QED) is 0.655. The number of aromatic nitrogens is 1. The average molecular weight is 324 g/mol. The first-order chi connectivity index (χ1) is 11.1. The van der Waals surface area contributed by atoms with E-state index in [-0.39, 0.29) is 5.43 Å². The van der Waals surface area contributed by atoms with Crippen molar-refractivity contribution in [2.75, 3.05) is 19.0 Å². The van der Waals surface area contributed by atoms with Crippen LogP contribution in [0.1, 0.15) is 25.3 Å². The first-order valence-corrected chi connectivity index (χ1v) is 8.62. The zero-order valence-corrected chi connectivity index (χ0v) is 14.5. The summed E-state index contributed by atoms with van der Waals surface area (Å²) < 4.78 is 1.09. The van der Waals surface area contributed by atoms with E-state index < -0.39 is 0 Å². The lowest BCUT2D eigenvalue weighted by Crippen LogP contribution is -2.08. The Hall–Kier alpha value is -2.20. The first kappa shape index (κ1) is 15.7. The molecule has 1 aromatic carbocycles. The van der Waals surface area contributed by atoms with E-state index in [2.05, 4.69) is 30.0 Å². The van der Waals surface area contributed by atoms with Crippen LogP contribution in [0.25, 0.3) is 26.9 Å². The van der Waals surface area contributed by atoms with Crippen LogP contribution in [-0.2, 0) is 0 Å². The van der Waals surface area contributed by atoms with Crippen LogP contribution in [0.3, 0.4) is 0 Å². The molecule has 1 heterocycles. The largest absolute Gasteiger partial charge is 0.378 e. The number of anilines is 1. The number of nitrogens with zero attached hydrogens (tertiary/aromatic N) is 2. The SMILES string of the molecule is CCC/C=C/c1cc2nc3ccc(N(C)C)cc3sc-2cc1=O. The number of fused-ring (bicyclic) bond motifs is 2. The average Bonchev–Trinajstić information content (AvgIpc) is 2.53. The van der Waals surface area contributed by atoms with Gasteiger partial charge in [0.15, 0.2) is 5.43 Å². The van der Waals surface area contributed by atoms with E-state index in [1.165, 1.54) is 0 Å². The predicted molar refractivity (Wildman–Crippen MR) is 101 cm³/mol. The number of allylic oxidation sites excluding steroid dienone is 1. The molecular formula is C19H20N2OS. The normalized spacial score (nSPS) is 11.6. The Morgan fingerprint density at radius 1 is 1.22 bits per heavy atom. The van der Waals surface area contributed by atoms with E-state index in [9.17, 15) is 4.79 Å². The molecule has 0 aromatic heterocycles. The minimum absolute atomic E-state index is 0.0611. The number of unbranched alkanes of at least 4 members (excludes halogenated alkanes) is 1. The van der Waals surface area contributed by atoms with Crippen molar-refractivity contribution in [1.82, 2.24) is 4.98 Å². The summed E-state index contributed by atoms with van der Waals surface area (Å²) >= 11 is 1.62. The van der Waals surface area contributed by atoms with Crippen LogP contribution in [0.2, 0.25) is 0 Å². The van der Waals surface area contributed by atoms with E-state index in [0.29, 0.717) is 0 Å². The molecule has 23 heavy (non-hydrogen) atoms. The third-order valence-electron chi connectivity index (χ3n) is 3.76. The van der Waals surface area contributed by atoms with Crippen LogP contribution in [-0.4, -0.2) is 19.1 Å². The smallest absolute Gasteiger partial charge is 0.187 e. The van der Waals surface area contributed by atoms with Crippen molar-refractivity contribution >= 4 is 33.3 Å². The first-order valence-electron chi connectivity index (χ1n) is 7.81. The fraction of sp³-hybridized carbons (Fsp3) is 0.263. The molecule has 1 aromatic rings. The van der Waals surface area contributed by atoms with Gasteiger partial charge >= 0.3 is 0 Å². The number of benzene rings is 2. The number of hydrogen-bond acceptors (Lipinski definition) is 4. The Morgan fingerprint density at radius 3 is 2.78 bits per heavy atom. The van der Waals surface area contributed by atoms with Crippen molar-refractivity contribution in [2.45, 2.75) is 19.8 Å². The van der Waals surface area contributed by atoms with Gasteiger partial charge in [-0.05, 0) is 30.7 Å². The summed E-state index contributed by atoms with van der Waals surface area (Å²) in [5.74, 6) is 0. The highest BCUT2D eigenvalue weighted by Gasteiger charge is 2.11. The Kier molecular flexibility index (Phi) is 4.44. The molecule has 0 bridgehead atoms. The molecule has 1 aliphatic heterocycles. The van der Waals surface area contributed by atoms with Gasteiger partial charge in [-0.25, -0.2) is 4.98 Å². The van der Waals surface area contributed by atoms with Crippen molar-refractivity contribution in [2.24, 2.45) is 0 Å². The molecule has 0 N–H and O–H groups in total. The second-order valence-corrected chi connectivity index (χ2v) is 6.89. The van der Waals surface area contributed by atoms with Gasteiger partial charge in [-0.15, -0.1) is 11.3 Å². The molecule has 0 saturated heterocycles. The van der Waals surface area contributed by atoms with E-state index >= 15 is 0 Å². The fourth-order valence-electron chi connectivity index (χ4n) is 2.45. The zero-order chi connectivity index (χ0) is 16.4. The number of rotatable bonds is 4. The van der Waals surface area contributed by atoms with Crippen LogP contribution in [0.5, 0.6) is 0 Å². The summed E-state index contributed by atoms with van der Waals surface area (Å²) in [4.78, 5) is 20.0. The second-order valence-electron chi connectivity index (χ2n) is 5.81. The molecule has 2 aliphatic rings. The lowest BCUT2D eigenvalue weighted by Gasteiger charge is -2.13. The summed E-state index contributed by atoms with van der Waals surface area (Å²) in [6.07, 6.45) is 6.03. The molecular weight excluding hydrogens is 304 g/mol. The topological polar surface area (TPSA) is 33.2 Å². The standard InChI is InChI=1S/C19H20N2OS/c1-4-5-6-7-13-10-16-19(12-17(13)22)23-18-11-14(21(2)3)8-9-15(18)20-16/h6-12H,4-5H2,1-3H3/b7-6+. The highest BCUT2D eigenvalue weighted by molar-refractivity contribution is 7.21. The molecule has 3 rings (SSSR count). The van der Waals surface area contributed by atoms with Crippen molar-refractivity contribution in [1.29, 1.82) is 0 Å². The Labute approximate surface area is 140 Å². The van der Waals surface area contributed by atoms with Crippen LogP contribution < -0.4 is 10.3 Å². The highest BCUT2D eigenvalue weighted by atomic mass is 32.1. The monoisotopic (exact) mass is 324 g/mol. The number of hydrogen-bond donors (Lipinski definition) is 0. The van der Waals surface area contributed by atoms with Crippen molar-refractivity contribution < 1.29 is 0 Å². The van der Waals surface area contributed by atoms with Crippen molar-refractivity contribution in [3.8, 4) is 10.6 Å². The van der Waals surface area contributed by atoms with Gasteiger partial charge in [-0.2, -0.15) is 0 Å². The Balaban J connectivity index is 2.14. The zero-order valence-electron chi connectivity index (χ0n) is 13.7. The predicted octanol–water partition coefficient (Wildman–Crippen LogP) is 4.64. The highest BCUT2D eigenvalue weighted by Crippen LogP contribution is 2.32. The second kappa shape index (κ2) is 6.50. The van der Waals surface area contributed by atoms with Gasteiger partial charge in [0.2, 0.25) is 0 Å². The Bertz CT molecular complexity index is 896. The van der Waals surface area contributed by atoms with Crippen LogP contribution >= 0.6 is 11.3 Å². The van der Waals surface area contributed by atoms with E-state index in [1.54, 1.807) is 17.4 Å². The minimum Gasteiger partial charge on any atom is -0.378 e. The third kappa shape index (κ3) is 3.27. The minimum atomic E-state index is 0.0611. The van der Waals surface area contributed by atoms with Crippen molar-refractivity contribution in [3.63, 3.8) is 0 Å². The molecule has 0 spiro atoms. The summed E-state index contributed by atoms with van der Waals surface area (Å²) in [7, 11) is 4.04. The molecule has 4 heteroatoms. The summed E-state index contributed by atoms with van der Waals surface area (Å²) in [6, 6.07) is 9.84. The van der Waals surface area contributed by atoms with Gasteiger partial charge in [0.25, 0.3) is 0 Å². The van der Waals surface area contributed by atoms with Gasteiger partial charge < -0.3 is 4.90 Å². The van der Waals surface area contributed by atoms with Gasteiger partial charge in [-0.1, -0.05) is 25.5 Å². The van der Waals surface area contributed by atoms with Crippen molar-refractivity contribution in [3.05, 3.63) is 52.2 Å². The molecule has 0 radical (unpaired) electrons. The van der Waals surface area contributed by atoms with Gasteiger partial charge in [0, 0.05) is 31.4 Å². The molecule has 0 amide bonds. The summed E-state index contributed by atoms with van der Waals surface area (Å²) in [5.41, 5.74) is 3.77. The summed E-state index contributed by atoms with van der Waals surface area (Å²) in [5, 5.41) is 0. The molecule has 118 valence electrons. The third-order valence-corrected chi connectivity index (χ3v) is 4.86. The van der Waals surface area contributed by atoms with Gasteiger partial charge in [0.1, 0.15) is 0 Å². The molecule has 3 nitrogen and oxygen atoms in total. The summed E-state index contributed by atoms with van der Waals surface area (Å²) in [6.45, 7) is 2.13. The molecule has 0 fully saturated rings. The fourth-order valence-corrected chi connectivity index (χ4v) is 3.46. The maximum Gasteiger partial charge on any atom is 0.187 e. The lowest BCUT2D eigenvalue weighted by molar-refractivity contribution is 0.962. The van der Waals surface area contributed by atoms with Gasteiger partial charge in [0.05, 0.1) is 20.8 Å². The molecule has 1 aliphatic carbocycles. The maximum atomic E-state index is 12.3. The maximum absolute atomic E-state index is 12.3.